The third-order valence-corrected chi connectivity index (χ3v) is 5.52. The number of hydrogen-bond acceptors (Lipinski definition) is 4. The molecule has 0 bridgehead atoms. The van der Waals surface area contributed by atoms with Crippen LogP contribution in [-0.4, -0.2) is 36.8 Å². The number of benzene rings is 2. The molecule has 3 rings (SSSR count). The summed E-state index contributed by atoms with van der Waals surface area (Å²) >= 11 is 1.39. The largest absolute Gasteiger partial charge is 0.391 e. The number of β-amino-alcohol motifs (C(OH)–C–C–N with tert-alkyl or cyclic N) is 1. The topological polar surface area (TPSA) is 61.4 Å². The van der Waals surface area contributed by atoms with E-state index < -0.39 is 11.4 Å². The zero-order valence-electron chi connectivity index (χ0n) is 14.1. The van der Waals surface area contributed by atoms with Crippen LogP contribution in [0.25, 0.3) is 0 Å². The highest BCUT2D eigenvalue weighted by Crippen LogP contribution is 2.35. The molecule has 26 heavy (non-hydrogen) atoms. The monoisotopic (exact) mass is 396 g/mol. The summed E-state index contributed by atoms with van der Waals surface area (Å²) in [5.41, 5.74) is 0.888. The first-order valence-corrected chi connectivity index (χ1v) is 9.15. The van der Waals surface area contributed by atoms with Crippen LogP contribution in [0.5, 0.6) is 0 Å². The minimum absolute atomic E-state index is 0. The Bertz CT molecular complexity index is 702. The fourth-order valence-corrected chi connectivity index (χ4v) is 3.85. The van der Waals surface area contributed by atoms with Crippen LogP contribution in [0.2, 0.25) is 0 Å². The Morgan fingerprint density at radius 1 is 1.19 bits per heavy atom. The van der Waals surface area contributed by atoms with Crippen molar-refractivity contribution < 1.29 is 14.3 Å². The predicted octanol–water partition coefficient (Wildman–Crippen LogP) is 2.78. The molecule has 0 radical (unpaired) electrons. The van der Waals surface area contributed by atoms with Crippen molar-refractivity contribution in [2.45, 2.75) is 16.2 Å². The van der Waals surface area contributed by atoms with Crippen molar-refractivity contribution in [3.63, 3.8) is 0 Å². The number of hydrogen-bond donors (Lipinski definition) is 3. The van der Waals surface area contributed by atoms with E-state index in [0.717, 1.165) is 10.5 Å². The van der Waals surface area contributed by atoms with Crippen molar-refractivity contribution in [2.75, 3.05) is 19.6 Å². The molecular weight excluding hydrogens is 375 g/mol. The maximum absolute atomic E-state index is 13.1. The summed E-state index contributed by atoms with van der Waals surface area (Å²) in [6.45, 7) is 1.69. The number of carbonyl (C=O) groups is 1. The van der Waals surface area contributed by atoms with Gasteiger partial charge in [0.1, 0.15) is 11.1 Å². The molecule has 4 nitrogen and oxygen atoms in total. The molecule has 140 valence electrons. The van der Waals surface area contributed by atoms with Gasteiger partial charge in [-0.15, -0.1) is 24.2 Å². The van der Waals surface area contributed by atoms with Crippen molar-refractivity contribution in [1.29, 1.82) is 0 Å². The zero-order valence-corrected chi connectivity index (χ0v) is 15.7. The minimum atomic E-state index is -0.432. The highest BCUT2D eigenvalue weighted by molar-refractivity contribution is 8.00. The fraction of sp³-hybridized carbons (Fsp3) is 0.316. The van der Waals surface area contributed by atoms with Crippen LogP contribution in [0.4, 0.5) is 4.39 Å². The average Bonchev–Trinajstić information content (AvgIpc) is 3.05. The number of thioether (sulfide) groups is 1. The zero-order chi connectivity index (χ0) is 17.6. The summed E-state index contributed by atoms with van der Waals surface area (Å²) in [5.74, 6) is -0.386. The maximum atomic E-state index is 13.1. The van der Waals surface area contributed by atoms with E-state index in [1.54, 1.807) is 12.1 Å². The van der Waals surface area contributed by atoms with E-state index in [1.165, 1.54) is 23.9 Å². The van der Waals surface area contributed by atoms with Crippen LogP contribution in [0, 0.1) is 11.7 Å². The SMILES string of the molecule is Cl.O=C(NCC1CNCC1O)C(Sc1ccc(F)cc1)c1ccccc1. The maximum Gasteiger partial charge on any atom is 0.238 e. The highest BCUT2D eigenvalue weighted by Gasteiger charge is 2.27. The van der Waals surface area contributed by atoms with Crippen LogP contribution in [0.3, 0.4) is 0 Å². The van der Waals surface area contributed by atoms with Gasteiger partial charge in [-0.05, 0) is 29.8 Å². The van der Waals surface area contributed by atoms with Gasteiger partial charge in [0.15, 0.2) is 0 Å². The van der Waals surface area contributed by atoms with Crippen molar-refractivity contribution in [3.8, 4) is 0 Å². The van der Waals surface area contributed by atoms with Crippen molar-refractivity contribution in [2.24, 2.45) is 5.92 Å². The molecule has 0 spiro atoms. The van der Waals surface area contributed by atoms with Gasteiger partial charge < -0.3 is 15.7 Å². The smallest absolute Gasteiger partial charge is 0.238 e. The van der Waals surface area contributed by atoms with Crippen LogP contribution in [-0.2, 0) is 4.79 Å². The molecule has 0 aliphatic carbocycles. The standard InChI is InChI=1S/C19H21FN2O2S.ClH/c20-15-6-8-16(9-7-15)25-18(13-4-2-1-3-5-13)19(24)22-11-14-10-21-12-17(14)23;/h1-9,14,17-18,21,23H,10-12H2,(H,22,24);1H. The summed E-state index contributed by atoms with van der Waals surface area (Å²) < 4.78 is 13.1. The van der Waals surface area contributed by atoms with E-state index in [2.05, 4.69) is 10.6 Å². The Kier molecular flexibility index (Phi) is 7.90. The normalized spacial score (nSPS) is 20.2. The molecule has 1 saturated heterocycles. The number of aliphatic hydroxyl groups is 1. The molecule has 0 saturated carbocycles. The molecule has 1 aliphatic heterocycles. The first-order chi connectivity index (χ1) is 12.1. The lowest BCUT2D eigenvalue weighted by atomic mass is 10.1. The van der Waals surface area contributed by atoms with E-state index in [0.29, 0.717) is 19.6 Å². The Morgan fingerprint density at radius 3 is 2.50 bits per heavy atom. The first-order valence-electron chi connectivity index (χ1n) is 8.27. The van der Waals surface area contributed by atoms with E-state index in [-0.39, 0.29) is 30.0 Å². The molecule has 3 N–H and O–H groups in total. The van der Waals surface area contributed by atoms with E-state index in [1.807, 2.05) is 30.3 Å². The summed E-state index contributed by atoms with van der Waals surface area (Å²) in [5, 5.41) is 15.5. The molecule has 3 atom stereocenters. The Balaban J connectivity index is 0.00000243. The summed E-state index contributed by atoms with van der Waals surface area (Å²) in [6, 6.07) is 15.6. The molecule has 1 fully saturated rings. The van der Waals surface area contributed by atoms with Crippen molar-refractivity contribution in [1.82, 2.24) is 10.6 Å². The second-order valence-electron chi connectivity index (χ2n) is 6.09. The lowest BCUT2D eigenvalue weighted by Gasteiger charge is -2.19. The Labute approximate surface area is 163 Å². The summed E-state index contributed by atoms with van der Waals surface area (Å²) in [4.78, 5) is 13.6. The summed E-state index contributed by atoms with van der Waals surface area (Å²) in [6.07, 6.45) is -0.430. The Morgan fingerprint density at radius 2 is 1.88 bits per heavy atom. The van der Waals surface area contributed by atoms with Gasteiger partial charge in [0.05, 0.1) is 6.10 Å². The van der Waals surface area contributed by atoms with E-state index in [4.69, 9.17) is 0 Å². The summed E-state index contributed by atoms with van der Waals surface area (Å²) in [7, 11) is 0. The molecular formula is C19H22ClFN2O2S. The molecule has 1 aliphatic rings. The van der Waals surface area contributed by atoms with Gasteiger partial charge in [0.2, 0.25) is 5.91 Å². The van der Waals surface area contributed by atoms with Crippen molar-refractivity contribution >= 4 is 30.1 Å². The van der Waals surface area contributed by atoms with Crippen LogP contribution >= 0.6 is 24.2 Å². The molecule has 2 aromatic rings. The molecule has 1 heterocycles. The van der Waals surface area contributed by atoms with Crippen LogP contribution < -0.4 is 10.6 Å². The molecule has 0 aromatic heterocycles. The molecule has 2 aromatic carbocycles. The number of carbonyl (C=O) groups excluding carboxylic acids is 1. The number of nitrogens with one attached hydrogen (secondary N) is 2. The van der Waals surface area contributed by atoms with Gasteiger partial charge in [-0.2, -0.15) is 0 Å². The Hall–Kier alpha value is -1.60. The number of amides is 1. The van der Waals surface area contributed by atoms with Crippen LogP contribution in [0.1, 0.15) is 10.8 Å². The van der Waals surface area contributed by atoms with Gasteiger partial charge in [0, 0.05) is 30.4 Å². The van der Waals surface area contributed by atoms with Gasteiger partial charge in [-0.25, -0.2) is 4.39 Å². The lowest BCUT2D eigenvalue weighted by Crippen LogP contribution is -2.36. The second kappa shape index (κ2) is 9.92. The van der Waals surface area contributed by atoms with Crippen molar-refractivity contribution in [3.05, 3.63) is 66.0 Å². The number of aliphatic hydroxyl groups excluding tert-OH is 1. The quantitative estimate of drug-likeness (QED) is 0.657. The van der Waals surface area contributed by atoms with Gasteiger partial charge >= 0.3 is 0 Å². The van der Waals surface area contributed by atoms with Gasteiger partial charge in [-0.3, -0.25) is 4.79 Å². The van der Waals surface area contributed by atoms with E-state index >= 15 is 0 Å². The van der Waals surface area contributed by atoms with Crippen LogP contribution in [0.15, 0.2) is 59.5 Å². The third kappa shape index (κ3) is 5.45. The first kappa shape index (κ1) is 20.7. The second-order valence-corrected chi connectivity index (χ2v) is 7.27. The van der Waals surface area contributed by atoms with Gasteiger partial charge in [-0.1, -0.05) is 30.3 Å². The third-order valence-electron chi connectivity index (χ3n) is 4.25. The predicted molar refractivity (Wildman–Crippen MR) is 104 cm³/mol. The number of halogens is 2. The molecule has 1 amide bonds. The van der Waals surface area contributed by atoms with E-state index in [9.17, 15) is 14.3 Å². The highest BCUT2D eigenvalue weighted by atomic mass is 35.5. The molecule has 7 heteroatoms. The lowest BCUT2D eigenvalue weighted by molar-refractivity contribution is -0.120. The molecule has 3 unspecified atom stereocenters. The fourth-order valence-electron chi connectivity index (χ4n) is 2.80. The minimum Gasteiger partial charge on any atom is -0.391 e. The average molecular weight is 397 g/mol. The number of rotatable bonds is 6. The van der Waals surface area contributed by atoms with Gasteiger partial charge in [0.25, 0.3) is 0 Å².